The Labute approximate surface area is 83.5 Å². The molecule has 1 aliphatic heterocycles. The molecule has 1 aromatic heterocycles. The normalized spacial score (nSPS) is 20.9. The highest BCUT2D eigenvalue weighted by Crippen LogP contribution is 2.15. The zero-order valence-electron chi connectivity index (χ0n) is 8.44. The fraction of sp³-hybridized carbons (Fsp3) is 0.700. The van der Waals surface area contributed by atoms with Crippen LogP contribution in [-0.4, -0.2) is 34.5 Å². The van der Waals surface area contributed by atoms with Crippen molar-refractivity contribution in [3.8, 4) is 0 Å². The van der Waals surface area contributed by atoms with Gasteiger partial charge in [-0.2, -0.15) is 0 Å². The van der Waals surface area contributed by atoms with Crippen LogP contribution < -0.4 is 0 Å². The van der Waals surface area contributed by atoms with Crippen LogP contribution in [0.1, 0.15) is 17.9 Å². The second kappa shape index (κ2) is 4.11. The van der Waals surface area contributed by atoms with Gasteiger partial charge in [0.05, 0.1) is 18.4 Å². The maximum absolute atomic E-state index is 9.46. The Kier molecular flexibility index (Phi) is 2.84. The molecule has 0 saturated carbocycles. The van der Waals surface area contributed by atoms with Gasteiger partial charge in [0.15, 0.2) is 0 Å². The minimum Gasteiger partial charge on any atom is -0.393 e. The minimum atomic E-state index is -0.208. The third-order valence-corrected chi connectivity index (χ3v) is 2.59. The number of nitrogens with zero attached hydrogens (tertiary/aromatic N) is 2. The molecule has 0 spiro atoms. The Morgan fingerprint density at radius 1 is 1.71 bits per heavy atom. The summed E-state index contributed by atoms with van der Waals surface area (Å²) in [5.74, 6) is 1.01. The van der Waals surface area contributed by atoms with Crippen molar-refractivity contribution in [1.82, 2.24) is 9.55 Å². The van der Waals surface area contributed by atoms with Crippen molar-refractivity contribution in [2.75, 3.05) is 13.7 Å². The first kappa shape index (κ1) is 9.68. The Bertz CT molecular complexity index is 309. The van der Waals surface area contributed by atoms with Gasteiger partial charge in [-0.15, -0.1) is 0 Å². The van der Waals surface area contributed by atoms with Crippen molar-refractivity contribution in [2.45, 2.75) is 31.9 Å². The van der Waals surface area contributed by atoms with E-state index in [1.807, 2.05) is 0 Å². The van der Waals surface area contributed by atoms with Gasteiger partial charge in [-0.05, 0) is 6.42 Å². The van der Waals surface area contributed by atoms with Gasteiger partial charge in [0.25, 0.3) is 0 Å². The molecule has 1 aliphatic rings. The molecule has 0 radical (unpaired) electrons. The van der Waals surface area contributed by atoms with Crippen LogP contribution in [-0.2, 0) is 24.1 Å². The molecular weight excluding hydrogens is 180 g/mol. The summed E-state index contributed by atoms with van der Waals surface area (Å²) in [6, 6.07) is 0. The van der Waals surface area contributed by atoms with Gasteiger partial charge in [-0.1, -0.05) is 0 Å². The van der Waals surface area contributed by atoms with E-state index in [-0.39, 0.29) is 6.10 Å². The number of hydrogen-bond donors (Lipinski definition) is 1. The average molecular weight is 196 g/mol. The van der Waals surface area contributed by atoms with Gasteiger partial charge >= 0.3 is 0 Å². The summed E-state index contributed by atoms with van der Waals surface area (Å²) in [5, 5.41) is 9.46. The number of hydrogen-bond acceptors (Lipinski definition) is 3. The summed E-state index contributed by atoms with van der Waals surface area (Å²) in [6.45, 7) is 1.59. The predicted octanol–water partition coefficient (Wildman–Crippen LogP) is 0.379. The van der Waals surface area contributed by atoms with Crippen LogP contribution in [0.5, 0.6) is 0 Å². The largest absolute Gasteiger partial charge is 0.393 e. The van der Waals surface area contributed by atoms with E-state index < -0.39 is 0 Å². The van der Waals surface area contributed by atoms with Crippen LogP contribution >= 0.6 is 0 Å². The van der Waals surface area contributed by atoms with Crippen molar-refractivity contribution >= 4 is 0 Å². The van der Waals surface area contributed by atoms with Crippen LogP contribution in [0, 0.1) is 0 Å². The first-order valence-electron chi connectivity index (χ1n) is 5.01. The van der Waals surface area contributed by atoms with E-state index in [0.29, 0.717) is 13.0 Å². The highest BCUT2D eigenvalue weighted by Gasteiger charge is 2.18. The molecule has 1 atom stereocenters. The smallest absolute Gasteiger partial charge is 0.111 e. The quantitative estimate of drug-likeness (QED) is 0.760. The summed E-state index contributed by atoms with van der Waals surface area (Å²) in [7, 11) is 1.69. The molecule has 0 fully saturated rings. The zero-order valence-corrected chi connectivity index (χ0v) is 8.44. The molecule has 2 rings (SSSR count). The fourth-order valence-corrected chi connectivity index (χ4v) is 1.80. The number of methoxy groups -OCH3 is 1. The Morgan fingerprint density at radius 3 is 3.36 bits per heavy atom. The molecule has 0 aliphatic carbocycles. The first-order chi connectivity index (χ1) is 6.79. The lowest BCUT2D eigenvalue weighted by atomic mass is 10.1. The van der Waals surface area contributed by atoms with E-state index >= 15 is 0 Å². The van der Waals surface area contributed by atoms with Crippen LogP contribution in [0.4, 0.5) is 0 Å². The van der Waals surface area contributed by atoms with E-state index in [1.54, 1.807) is 7.11 Å². The molecular formula is C10H16N2O2. The lowest BCUT2D eigenvalue weighted by Crippen LogP contribution is -2.22. The summed E-state index contributed by atoms with van der Waals surface area (Å²) >= 11 is 0. The summed E-state index contributed by atoms with van der Waals surface area (Å²) in [6.07, 6.45) is 4.24. The molecule has 0 amide bonds. The molecule has 14 heavy (non-hydrogen) atoms. The number of imidazole rings is 1. The molecule has 1 unspecified atom stereocenters. The van der Waals surface area contributed by atoms with Crippen molar-refractivity contribution < 1.29 is 9.84 Å². The summed E-state index contributed by atoms with van der Waals surface area (Å²) in [5.41, 5.74) is 1.07. The van der Waals surface area contributed by atoms with E-state index in [9.17, 15) is 5.11 Å². The number of aryl methyl sites for hydroxylation is 1. The van der Waals surface area contributed by atoms with Gasteiger partial charge in [-0.25, -0.2) is 4.98 Å². The number of aromatic nitrogens is 2. The minimum absolute atomic E-state index is 0.208. The summed E-state index contributed by atoms with van der Waals surface area (Å²) in [4.78, 5) is 4.46. The topological polar surface area (TPSA) is 47.3 Å². The maximum Gasteiger partial charge on any atom is 0.111 e. The maximum atomic E-state index is 9.46. The summed E-state index contributed by atoms with van der Waals surface area (Å²) < 4.78 is 7.14. The molecule has 78 valence electrons. The number of aliphatic hydroxyl groups is 1. The molecule has 4 heteroatoms. The molecule has 0 bridgehead atoms. The highest BCUT2D eigenvalue weighted by molar-refractivity contribution is 5.07. The van der Waals surface area contributed by atoms with Crippen LogP contribution in [0.15, 0.2) is 6.20 Å². The monoisotopic (exact) mass is 196 g/mol. The van der Waals surface area contributed by atoms with Crippen LogP contribution in [0.3, 0.4) is 0 Å². The van der Waals surface area contributed by atoms with E-state index in [4.69, 9.17) is 4.74 Å². The molecule has 4 nitrogen and oxygen atoms in total. The van der Waals surface area contributed by atoms with Crippen molar-refractivity contribution in [1.29, 1.82) is 0 Å². The van der Waals surface area contributed by atoms with Crippen LogP contribution in [0.2, 0.25) is 0 Å². The third-order valence-electron chi connectivity index (χ3n) is 2.59. The Balaban J connectivity index is 2.07. The van der Waals surface area contributed by atoms with Gasteiger partial charge in [0, 0.05) is 32.7 Å². The first-order valence-corrected chi connectivity index (χ1v) is 5.01. The molecule has 2 heterocycles. The standard InChI is InChI=1S/C10H16N2O2/c1-14-5-3-8-7-12-4-2-9(13)6-10(12)11-8/h7,9,13H,2-6H2,1H3. The van der Waals surface area contributed by atoms with E-state index in [0.717, 1.165) is 30.9 Å². The fourth-order valence-electron chi connectivity index (χ4n) is 1.80. The zero-order chi connectivity index (χ0) is 9.97. The number of aliphatic hydroxyl groups excluding tert-OH is 1. The van der Waals surface area contributed by atoms with Crippen molar-refractivity contribution in [3.63, 3.8) is 0 Å². The van der Waals surface area contributed by atoms with E-state index in [1.165, 1.54) is 0 Å². The van der Waals surface area contributed by atoms with Crippen LogP contribution in [0.25, 0.3) is 0 Å². The van der Waals surface area contributed by atoms with Gasteiger partial charge in [0.2, 0.25) is 0 Å². The lowest BCUT2D eigenvalue weighted by molar-refractivity contribution is 0.141. The van der Waals surface area contributed by atoms with Gasteiger partial charge < -0.3 is 14.4 Å². The molecule has 0 aromatic carbocycles. The van der Waals surface area contributed by atoms with Gasteiger partial charge in [-0.3, -0.25) is 0 Å². The lowest BCUT2D eigenvalue weighted by Gasteiger charge is -2.18. The Hall–Kier alpha value is -0.870. The Morgan fingerprint density at radius 2 is 2.57 bits per heavy atom. The second-order valence-electron chi connectivity index (χ2n) is 3.73. The molecule has 0 saturated heterocycles. The van der Waals surface area contributed by atoms with Crippen molar-refractivity contribution in [3.05, 3.63) is 17.7 Å². The number of fused-ring (bicyclic) bond motifs is 1. The van der Waals surface area contributed by atoms with Crippen molar-refractivity contribution in [2.24, 2.45) is 0 Å². The highest BCUT2D eigenvalue weighted by atomic mass is 16.5. The number of rotatable bonds is 3. The third kappa shape index (κ3) is 1.96. The second-order valence-corrected chi connectivity index (χ2v) is 3.73. The average Bonchev–Trinajstić information content (AvgIpc) is 2.56. The molecule has 1 N–H and O–H groups in total. The SMILES string of the molecule is COCCc1cn2c(n1)CC(O)CC2. The number of ether oxygens (including phenoxy) is 1. The van der Waals surface area contributed by atoms with Gasteiger partial charge in [0.1, 0.15) is 5.82 Å². The molecule has 1 aromatic rings. The predicted molar refractivity (Wildman–Crippen MR) is 52.1 cm³/mol. The van der Waals surface area contributed by atoms with E-state index in [2.05, 4.69) is 15.7 Å².